The van der Waals surface area contributed by atoms with Crippen LogP contribution >= 0.6 is 0 Å². The molecule has 2 atom stereocenters. The minimum atomic E-state index is -0.673. The molecule has 7 nitrogen and oxygen atoms in total. The second-order valence-electron chi connectivity index (χ2n) is 5.88. The number of nitro benzene ring substituents is 1. The van der Waals surface area contributed by atoms with E-state index in [0.717, 1.165) is 32.2 Å². The molecular formula is C16H24N2O5. The van der Waals surface area contributed by atoms with E-state index in [4.69, 9.17) is 9.84 Å². The molecule has 2 rings (SSSR count). The first-order chi connectivity index (χ1) is 11.1. The summed E-state index contributed by atoms with van der Waals surface area (Å²) in [6.45, 7) is 1.64. The number of hydrogen-bond donors (Lipinski definition) is 2. The number of likely N-dealkylation sites (tertiary alicyclic amines) is 1. The lowest BCUT2D eigenvalue weighted by atomic mass is 9.99. The number of ether oxygens (including phenoxy) is 1. The van der Waals surface area contributed by atoms with Crippen LogP contribution in [0.4, 0.5) is 5.69 Å². The minimum absolute atomic E-state index is 0.0315. The highest BCUT2D eigenvalue weighted by Crippen LogP contribution is 2.21. The normalized spacial score (nSPS) is 20.2. The van der Waals surface area contributed by atoms with Gasteiger partial charge in [-0.3, -0.25) is 15.0 Å². The van der Waals surface area contributed by atoms with Crippen LogP contribution in [0.1, 0.15) is 25.7 Å². The lowest BCUT2D eigenvalue weighted by molar-refractivity contribution is -0.384. The quantitative estimate of drug-likeness (QED) is 0.556. The molecule has 1 heterocycles. The van der Waals surface area contributed by atoms with Crippen molar-refractivity contribution in [1.82, 2.24) is 4.90 Å². The second kappa shape index (κ2) is 8.81. The number of piperidine rings is 1. The van der Waals surface area contributed by atoms with Gasteiger partial charge < -0.3 is 14.9 Å². The summed E-state index contributed by atoms with van der Waals surface area (Å²) in [7, 11) is 0. The summed E-state index contributed by atoms with van der Waals surface area (Å²) >= 11 is 0. The Labute approximate surface area is 135 Å². The van der Waals surface area contributed by atoms with Gasteiger partial charge in [-0.2, -0.15) is 0 Å². The van der Waals surface area contributed by atoms with Crippen LogP contribution in [-0.2, 0) is 0 Å². The SMILES string of the molecule is O=[N+]([O-])c1cccc(OCC(O)CN2CCCCC2CCO)c1. The molecule has 0 aliphatic carbocycles. The Morgan fingerprint density at radius 3 is 3.00 bits per heavy atom. The predicted molar refractivity (Wildman–Crippen MR) is 85.5 cm³/mol. The second-order valence-corrected chi connectivity index (χ2v) is 5.88. The standard InChI is InChI=1S/C16H24N2O5/c19-9-7-13-4-1-2-8-17(13)11-15(20)12-23-16-6-3-5-14(10-16)18(21)22/h3,5-6,10,13,15,19-20H,1-2,4,7-9,11-12H2. The van der Waals surface area contributed by atoms with Gasteiger partial charge in [-0.05, 0) is 31.9 Å². The van der Waals surface area contributed by atoms with Crippen molar-refractivity contribution in [3.05, 3.63) is 34.4 Å². The molecule has 2 unspecified atom stereocenters. The van der Waals surface area contributed by atoms with Crippen molar-refractivity contribution in [2.45, 2.75) is 37.8 Å². The van der Waals surface area contributed by atoms with Crippen molar-refractivity contribution >= 4 is 5.69 Å². The van der Waals surface area contributed by atoms with Crippen molar-refractivity contribution in [1.29, 1.82) is 0 Å². The Hall–Kier alpha value is -1.70. The molecular weight excluding hydrogens is 300 g/mol. The maximum atomic E-state index is 10.7. The summed E-state index contributed by atoms with van der Waals surface area (Å²) in [5.74, 6) is 0.379. The predicted octanol–water partition coefficient (Wildman–Crippen LogP) is 1.57. The van der Waals surface area contributed by atoms with Gasteiger partial charge in [-0.1, -0.05) is 12.5 Å². The van der Waals surface area contributed by atoms with Gasteiger partial charge in [0.1, 0.15) is 18.5 Å². The van der Waals surface area contributed by atoms with Crippen LogP contribution < -0.4 is 4.74 Å². The fraction of sp³-hybridized carbons (Fsp3) is 0.625. The molecule has 0 bridgehead atoms. The molecule has 23 heavy (non-hydrogen) atoms. The number of nitrogens with zero attached hydrogens (tertiary/aromatic N) is 2. The van der Waals surface area contributed by atoms with Crippen molar-refractivity contribution in [3.63, 3.8) is 0 Å². The van der Waals surface area contributed by atoms with Gasteiger partial charge >= 0.3 is 0 Å². The molecule has 0 aromatic heterocycles. The van der Waals surface area contributed by atoms with Crippen LogP contribution in [0.2, 0.25) is 0 Å². The highest BCUT2D eigenvalue weighted by Gasteiger charge is 2.24. The summed E-state index contributed by atoms with van der Waals surface area (Å²) < 4.78 is 5.46. The number of non-ortho nitro benzene ring substituents is 1. The van der Waals surface area contributed by atoms with E-state index in [1.807, 2.05) is 0 Å². The number of rotatable bonds is 8. The smallest absolute Gasteiger partial charge is 0.273 e. The topological polar surface area (TPSA) is 96.1 Å². The van der Waals surface area contributed by atoms with Crippen LogP contribution in [0.5, 0.6) is 5.75 Å². The summed E-state index contributed by atoms with van der Waals surface area (Å²) in [6.07, 6.45) is 3.34. The van der Waals surface area contributed by atoms with Crippen LogP contribution in [0.25, 0.3) is 0 Å². The van der Waals surface area contributed by atoms with E-state index in [2.05, 4.69) is 4.90 Å². The molecule has 1 aromatic carbocycles. The van der Waals surface area contributed by atoms with Crippen molar-refractivity contribution in [2.24, 2.45) is 0 Å². The monoisotopic (exact) mass is 324 g/mol. The summed E-state index contributed by atoms with van der Waals surface area (Å²) in [4.78, 5) is 12.4. The third-order valence-electron chi connectivity index (χ3n) is 4.13. The van der Waals surface area contributed by atoms with E-state index in [9.17, 15) is 15.2 Å². The Bertz CT molecular complexity index is 509. The summed E-state index contributed by atoms with van der Waals surface area (Å²) in [5.41, 5.74) is -0.0315. The first kappa shape index (κ1) is 17.7. The van der Waals surface area contributed by atoms with Gasteiger partial charge in [0.25, 0.3) is 5.69 Å². The first-order valence-corrected chi connectivity index (χ1v) is 8.00. The fourth-order valence-electron chi connectivity index (χ4n) is 2.98. The lowest BCUT2D eigenvalue weighted by Crippen LogP contribution is -2.45. The third kappa shape index (κ3) is 5.46. The van der Waals surface area contributed by atoms with Crippen molar-refractivity contribution in [3.8, 4) is 5.75 Å². The Morgan fingerprint density at radius 1 is 1.43 bits per heavy atom. The van der Waals surface area contributed by atoms with E-state index in [0.29, 0.717) is 18.3 Å². The van der Waals surface area contributed by atoms with Crippen LogP contribution in [-0.4, -0.2) is 58.5 Å². The summed E-state index contributed by atoms with van der Waals surface area (Å²) in [5, 5.41) is 30.0. The zero-order valence-electron chi connectivity index (χ0n) is 13.1. The molecule has 1 saturated heterocycles. The maximum Gasteiger partial charge on any atom is 0.273 e. The summed E-state index contributed by atoms with van der Waals surface area (Å²) in [6, 6.07) is 6.25. The molecule has 0 radical (unpaired) electrons. The lowest BCUT2D eigenvalue weighted by Gasteiger charge is -2.36. The Morgan fingerprint density at radius 2 is 2.26 bits per heavy atom. The number of β-amino-alcohol motifs (C(OH)–C–C–N with tert-alkyl or cyclic N) is 1. The molecule has 0 amide bonds. The zero-order valence-corrected chi connectivity index (χ0v) is 13.1. The number of aliphatic hydroxyl groups excluding tert-OH is 2. The molecule has 128 valence electrons. The van der Waals surface area contributed by atoms with Crippen LogP contribution in [0.15, 0.2) is 24.3 Å². The van der Waals surface area contributed by atoms with E-state index in [1.54, 1.807) is 12.1 Å². The maximum absolute atomic E-state index is 10.7. The Kier molecular flexibility index (Phi) is 6.76. The van der Waals surface area contributed by atoms with Gasteiger partial charge in [0.15, 0.2) is 0 Å². The fourth-order valence-corrected chi connectivity index (χ4v) is 2.98. The minimum Gasteiger partial charge on any atom is -0.491 e. The molecule has 1 aliphatic rings. The first-order valence-electron chi connectivity index (χ1n) is 8.00. The van der Waals surface area contributed by atoms with Gasteiger partial charge in [0, 0.05) is 25.3 Å². The zero-order chi connectivity index (χ0) is 16.7. The van der Waals surface area contributed by atoms with E-state index in [1.165, 1.54) is 12.1 Å². The molecule has 1 aliphatic heterocycles. The Balaban J connectivity index is 1.83. The van der Waals surface area contributed by atoms with Crippen LogP contribution in [0.3, 0.4) is 0 Å². The largest absolute Gasteiger partial charge is 0.491 e. The van der Waals surface area contributed by atoms with Gasteiger partial charge in [0.05, 0.1) is 11.0 Å². The number of nitro groups is 1. The molecule has 7 heteroatoms. The van der Waals surface area contributed by atoms with Crippen molar-refractivity contribution < 1.29 is 19.9 Å². The highest BCUT2D eigenvalue weighted by atomic mass is 16.6. The number of benzene rings is 1. The molecule has 0 spiro atoms. The highest BCUT2D eigenvalue weighted by molar-refractivity contribution is 5.37. The van der Waals surface area contributed by atoms with Gasteiger partial charge in [-0.25, -0.2) is 0 Å². The van der Waals surface area contributed by atoms with Gasteiger partial charge in [0.2, 0.25) is 0 Å². The average molecular weight is 324 g/mol. The molecule has 0 saturated carbocycles. The van der Waals surface area contributed by atoms with E-state index in [-0.39, 0.29) is 18.9 Å². The van der Waals surface area contributed by atoms with E-state index >= 15 is 0 Å². The third-order valence-corrected chi connectivity index (χ3v) is 4.13. The average Bonchev–Trinajstić information content (AvgIpc) is 2.55. The molecule has 1 aromatic rings. The van der Waals surface area contributed by atoms with Crippen LogP contribution in [0, 0.1) is 10.1 Å². The van der Waals surface area contributed by atoms with Gasteiger partial charge in [-0.15, -0.1) is 0 Å². The molecule has 2 N–H and O–H groups in total. The number of aliphatic hydroxyl groups is 2. The molecule has 1 fully saturated rings. The van der Waals surface area contributed by atoms with E-state index < -0.39 is 11.0 Å². The number of hydrogen-bond acceptors (Lipinski definition) is 6. The van der Waals surface area contributed by atoms with Crippen molar-refractivity contribution in [2.75, 3.05) is 26.3 Å².